The first-order chi connectivity index (χ1) is 9.06. The molecule has 0 amide bonds. The van der Waals surface area contributed by atoms with Gasteiger partial charge in [-0.1, -0.05) is 12.1 Å². The molecule has 104 valence electrons. The van der Waals surface area contributed by atoms with Crippen LogP contribution in [0.4, 0.5) is 0 Å². The molecule has 1 saturated carbocycles. The molecule has 19 heavy (non-hydrogen) atoms. The molecule has 2 rings (SSSR count). The fourth-order valence-electron chi connectivity index (χ4n) is 2.05. The van der Waals surface area contributed by atoms with Crippen LogP contribution in [0.15, 0.2) is 24.3 Å². The van der Waals surface area contributed by atoms with Gasteiger partial charge in [0, 0.05) is 7.11 Å². The van der Waals surface area contributed by atoms with E-state index in [4.69, 9.17) is 15.2 Å². The molecule has 1 aliphatic carbocycles. The maximum Gasteiger partial charge on any atom is 0.327 e. The Balaban J connectivity index is 2.01. The molecule has 5 nitrogen and oxygen atoms in total. The van der Waals surface area contributed by atoms with Gasteiger partial charge in [-0.3, -0.25) is 4.79 Å². The molecule has 1 aromatic carbocycles. The van der Waals surface area contributed by atoms with Crippen LogP contribution in [-0.2, 0) is 16.1 Å². The Labute approximate surface area is 112 Å². The molecular formula is C14H19NO4. The molecule has 0 bridgehead atoms. The topological polar surface area (TPSA) is 81.8 Å². The summed E-state index contributed by atoms with van der Waals surface area (Å²) in [6.45, 7) is 0.482. The maximum atomic E-state index is 11.3. The molecule has 1 aromatic rings. The van der Waals surface area contributed by atoms with Crippen molar-refractivity contribution in [3.05, 3.63) is 29.8 Å². The summed E-state index contributed by atoms with van der Waals surface area (Å²) < 4.78 is 10.6. The summed E-state index contributed by atoms with van der Waals surface area (Å²) >= 11 is 0. The van der Waals surface area contributed by atoms with E-state index in [1.165, 1.54) is 0 Å². The van der Waals surface area contributed by atoms with E-state index in [9.17, 15) is 9.90 Å². The van der Waals surface area contributed by atoms with Crippen molar-refractivity contribution < 1.29 is 19.4 Å². The van der Waals surface area contributed by atoms with Crippen LogP contribution in [0.5, 0.6) is 5.75 Å². The Kier molecular flexibility index (Phi) is 4.07. The second-order valence-corrected chi connectivity index (χ2v) is 4.99. The molecule has 0 aromatic heterocycles. The van der Waals surface area contributed by atoms with Crippen LogP contribution < -0.4 is 10.5 Å². The lowest BCUT2D eigenvalue weighted by molar-refractivity contribution is -0.145. The molecule has 0 aliphatic heterocycles. The third-order valence-corrected chi connectivity index (χ3v) is 3.39. The maximum absolute atomic E-state index is 11.3. The Morgan fingerprint density at radius 1 is 1.53 bits per heavy atom. The summed E-state index contributed by atoms with van der Waals surface area (Å²) in [6.07, 6.45) is 1.71. The Morgan fingerprint density at radius 2 is 2.26 bits per heavy atom. The highest BCUT2D eigenvalue weighted by atomic mass is 16.5. The monoisotopic (exact) mass is 265 g/mol. The number of rotatable bonds is 7. The first-order valence-electron chi connectivity index (χ1n) is 6.29. The van der Waals surface area contributed by atoms with Gasteiger partial charge in [-0.25, -0.2) is 0 Å². The highest BCUT2D eigenvalue weighted by molar-refractivity contribution is 5.79. The van der Waals surface area contributed by atoms with Crippen molar-refractivity contribution in [2.45, 2.75) is 25.0 Å². The zero-order chi connectivity index (χ0) is 13.9. The van der Waals surface area contributed by atoms with Crippen molar-refractivity contribution in [2.24, 2.45) is 11.7 Å². The van der Waals surface area contributed by atoms with Gasteiger partial charge in [0.1, 0.15) is 12.4 Å². The van der Waals surface area contributed by atoms with E-state index in [2.05, 4.69) is 0 Å². The van der Waals surface area contributed by atoms with Crippen LogP contribution >= 0.6 is 0 Å². The number of aliphatic carboxylic acids is 1. The van der Waals surface area contributed by atoms with E-state index >= 15 is 0 Å². The number of hydrogen-bond acceptors (Lipinski definition) is 4. The smallest absolute Gasteiger partial charge is 0.327 e. The fraction of sp³-hybridized carbons (Fsp3) is 0.500. The van der Waals surface area contributed by atoms with Crippen LogP contribution in [0, 0.1) is 5.92 Å². The quantitative estimate of drug-likeness (QED) is 0.779. The van der Waals surface area contributed by atoms with Crippen molar-refractivity contribution in [2.75, 3.05) is 13.7 Å². The lowest BCUT2D eigenvalue weighted by atomic mass is 9.96. The van der Waals surface area contributed by atoms with Crippen LogP contribution in [0.3, 0.4) is 0 Å². The van der Waals surface area contributed by atoms with E-state index in [1.807, 2.05) is 18.2 Å². The van der Waals surface area contributed by atoms with E-state index in [0.717, 1.165) is 18.4 Å². The summed E-state index contributed by atoms with van der Waals surface area (Å²) in [5, 5.41) is 9.23. The first-order valence-corrected chi connectivity index (χ1v) is 6.29. The Morgan fingerprint density at radius 3 is 2.84 bits per heavy atom. The molecular weight excluding hydrogens is 246 g/mol. The van der Waals surface area contributed by atoms with Crippen molar-refractivity contribution >= 4 is 5.97 Å². The number of nitrogens with two attached hydrogens (primary N) is 1. The highest BCUT2D eigenvalue weighted by Crippen LogP contribution is 2.38. The van der Waals surface area contributed by atoms with Gasteiger partial charge >= 0.3 is 5.97 Å². The summed E-state index contributed by atoms with van der Waals surface area (Å²) in [5.74, 6) is -0.360. The molecule has 5 heteroatoms. The van der Waals surface area contributed by atoms with Crippen molar-refractivity contribution in [1.29, 1.82) is 0 Å². The molecule has 1 aliphatic rings. The van der Waals surface area contributed by atoms with Crippen molar-refractivity contribution in [1.82, 2.24) is 0 Å². The summed E-state index contributed by atoms with van der Waals surface area (Å²) in [7, 11) is 1.62. The highest BCUT2D eigenvalue weighted by Gasteiger charge is 2.49. The van der Waals surface area contributed by atoms with E-state index in [1.54, 1.807) is 13.2 Å². The van der Waals surface area contributed by atoms with Crippen LogP contribution in [0.25, 0.3) is 0 Å². The minimum absolute atomic E-state index is 0.0105. The van der Waals surface area contributed by atoms with Gasteiger partial charge in [-0.2, -0.15) is 0 Å². The molecule has 1 atom stereocenters. The number of ether oxygens (including phenoxy) is 2. The van der Waals surface area contributed by atoms with Crippen LogP contribution in [-0.4, -0.2) is 30.3 Å². The zero-order valence-corrected chi connectivity index (χ0v) is 11.0. The van der Waals surface area contributed by atoms with E-state index in [0.29, 0.717) is 12.4 Å². The lowest BCUT2D eigenvalue weighted by Gasteiger charge is -2.24. The molecule has 0 spiro atoms. The molecule has 0 heterocycles. The number of carboxylic acids is 1. The lowest BCUT2D eigenvalue weighted by Crippen LogP contribution is -2.54. The van der Waals surface area contributed by atoms with Crippen LogP contribution in [0.1, 0.15) is 18.4 Å². The molecule has 1 fully saturated rings. The third kappa shape index (κ3) is 3.24. The van der Waals surface area contributed by atoms with Gasteiger partial charge in [0.25, 0.3) is 0 Å². The van der Waals surface area contributed by atoms with Crippen molar-refractivity contribution in [3.8, 4) is 5.75 Å². The minimum Gasteiger partial charge on any atom is -0.491 e. The fourth-order valence-corrected chi connectivity index (χ4v) is 2.05. The predicted molar refractivity (Wildman–Crippen MR) is 69.9 cm³/mol. The van der Waals surface area contributed by atoms with E-state index in [-0.39, 0.29) is 12.5 Å². The van der Waals surface area contributed by atoms with Gasteiger partial charge in [0.15, 0.2) is 5.54 Å². The summed E-state index contributed by atoms with van der Waals surface area (Å²) in [5.41, 5.74) is 5.64. The van der Waals surface area contributed by atoms with Gasteiger partial charge < -0.3 is 20.3 Å². The second kappa shape index (κ2) is 5.59. The zero-order valence-electron chi connectivity index (χ0n) is 11.0. The largest absolute Gasteiger partial charge is 0.491 e. The SMILES string of the molecule is COCc1cccc(OCC(N)(C(=O)O)C2CC2)c1. The average molecular weight is 265 g/mol. The molecule has 1 unspecified atom stereocenters. The number of methoxy groups -OCH3 is 1. The number of hydrogen-bond donors (Lipinski definition) is 2. The van der Waals surface area contributed by atoms with Gasteiger partial charge in [-0.05, 0) is 36.5 Å². The van der Waals surface area contributed by atoms with Crippen molar-refractivity contribution in [3.63, 3.8) is 0 Å². The third-order valence-electron chi connectivity index (χ3n) is 3.39. The molecule has 3 N–H and O–H groups in total. The number of carbonyl (C=O) groups is 1. The number of benzene rings is 1. The van der Waals surface area contributed by atoms with Gasteiger partial charge in [0.2, 0.25) is 0 Å². The predicted octanol–water partition coefficient (Wildman–Crippen LogP) is 1.40. The summed E-state index contributed by atoms with van der Waals surface area (Å²) in [6, 6.07) is 7.39. The van der Waals surface area contributed by atoms with E-state index < -0.39 is 11.5 Å². The van der Waals surface area contributed by atoms with Crippen LogP contribution in [0.2, 0.25) is 0 Å². The van der Waals surface area contributed by atoms with Gasteiger partial charge in [-0.15, -0.1) is 0 Å². The standard InChI is InChI=1S/C14H19NO4/c1-18-8-10-3-2-4-12(7-10)19-9-14(15,13(16)17)11-5-6-11/h2-4,7,11H,5-6,8-9,15H2,1H3,(H,16,17). The Hall–Kier alpha value is -1.59. The van der Waals surface area contributed by atoms with Gasteiger partial charge in [0.05, 0.1) is 6.61 Å². The molecule has 0 radical (unpaired) electrons. The first kappa shape index (κ1) is 13.8. The normalized spacial score (nSPS) is 17.8. The Bertz CT molecular complexity index is 459. The average Bonchev–Trinajstić information content (AvgIpc) is 3.21. The summed E-state index contributed by atoms with van der Waals surface area (Å²) in [4.78, 5) is 11.3. The minimum atomic E-state index is -1.28. The second-order valence-electron chi connectivity index (χ2n) is 4.99. The number of carboxylic acid groups (broad SMARTS) is 1. The molecule has 0 saturated heterocycles.